The summed E-state index contributed by atoms with van der Waals surface area (Å²) >= 11 is 0. The highest BCUT2D eigenvalue weighted by atomic mass is 19.4. The predicted octanol–water partition coefficient (Wildman–Crippen LogP) is 5.31. The number of fused-ring (bicyclic) bond motifs is 1. The fraction of sp³-hybridized carbons (Fsp3) is 0.286. The molecule has 4 rings (SSSR count). The van der Waals surface area contributed by atoms with Gasteiger partial charge in [0.15, 0.2) is 0 Å². The summed E-state index contributed by atoms with van der Waals surface area (Å²) in [5, 5.41) is 8.07. The van der Waals surface area contributed by atoms with Crippen molar-refractivity contribution in [3.8, 4) is 22.7 Å². The molecule has 146 valence electrons. The summed E-state index contributed by atoms with van der Waals surface area (Å²) in [6.07, 6.45) is -1.63. The van der Waals surface area contributed by atoms with Crippen molar-refractivity contribution in [2.24, 2.45) is 0 Å². The molecular formula is C21H20F3N3O. The molecule has 0 atom stereocenters. The number of para-hydroxylation sites is 1. The van der Waals surface area contributed by atoms with Gasteiger partial charge in [-0.3, -0.25) is 0 Å². The number of nitrogens with one attached hydrogen (secondary N) is 1. The van der Waals surface area contributed by atoms with Gasteiger partial charge >= 0.3 is 6.18 Å². The van der Waals surface area contributed by atoms with Gasteiger partial charge in [-0.25, -0.2) is 4.68 Å². The third-order valence-corrected chi connectivity index (χ3v) is 4.91. The third-order valence-electron chi connectivity index (χ3n) is 4.91. The van der Waals surface area contributed by atoms with Crippen molar-refractivity contribution >= 4 is 5.82 Å². The molecule has 0 unspecified atom stereocenters. The second-order valence-electron chi connectivity index (χ2n) is 6.72. The van der Waals surface area contributed by atoms with Crippen LogP contribution >= 0.6 is 0 Å². The van der Waals surface area contributed by atoms with E-state index < -0.39 is 11.7 Å². The maximum Gasteiger partial charge on any atom is 0.416 e. The molecular weight excluding hydrogens is 367 g/mol. The van der Waals surface area contributed by atoms with Crippen LogP contribution in [-0.4, -0.2) is 23.4 Å². The van der Waals surface area contributed by atoms with E-state index in [1.165, 1.54) is 6.07 Å². The number of hydrogen-bond donors (Lipinski definition) is 1. The van der Waals surface area contributed by atoms with Crippen LogP contribution < -0.4 is 10.1 Å². The second kappa shape index (κ2) is 7.22. The van der Waals surface area contributed by atoms with Crippen molar-refractivity contribution in [2.75, 3.05) is 19.0 Å². The Hall–Kier alpha value is -2.96. The smallest absolute Gasteiger partial charge is 0.416 e. The van der Waals surface area contributed by atoms with Crippen molar-refractivity contribution < 1.29 is 17.9 Å². The van der Waals surface area contributed by atoms with Gasteiger partial charge in [0.25, 0.3) is 0 Å². The number of alkyl halides is 3. The maximum absolute atomic E-state index is 13.2. The fourth-order valence-electron chi connectivity index (χ4n) is 3.56. The van der Waals surface area contributed by atoms with Crippen molar-refractivity contribution in [1.82, 2.24) is 9.78 Å². The minimum atomic E-state index is -4.40. The summed E-state index contributed by atoms with van der Waals surface area (Å²) in [7, 11) is 1.60. The molecule has 1 aliphatic heterocycles. The predicted molar refractivity (Wildman–Crippen MR) is 102 cm³/mol. The van der Waals surface area contributed by atoms with E-state index in [1.54, 1.807) is 17.9 Å². The summed E-state index contributed by atoms with van der Waals surface area (Å²) in [5.41, 5.74) is 2.25. The molecule has 0 spiro atoms. The molecule has 0 saturated heterocycles. The van der Waals surface area contributed by atoms with E-state index in [1.807, 2.05) is 24.3 Å². The summed E-state index contributed by atoms with van der Waals surface area (Å²) in [6, 6.07) is 12.8. The molecule has 1 aromatic heterocycles. The largest absolute Gasteiger partial charge is 0.496 e. The van der Waals surface area contributed by atoms with Crippen LogP contribution in [0.4, 0.5) is 19.0 Å². The molecule has 1 aliphatic rings. The standard InChI is InChI=1S/C21H20F3N3O/c1-28-18-11-3-2-9-16(18)19-17-10-4-5-12-25-20(17)27(26-19)15-8-6-7-14(13-15)21(22,23)24/h2-3,6-9,11,13,25H,4-5,10,12H2,1H3. The molecule has 4 nitrogen and oxygen atoms in total. The molecule has 3 aromatic rings. The Morgan fingerprint density at radius 2 is 1.89 bits per heavy atom. The quantitative estimate of drug-likeness (QED) is 0.662. The maximum atomic E-state index is 13.2. The number of hydrogen-bond acceptors (Lipinski definition) is 3. The van der Waals surface area contributed by atoms with Gasteiger partial charge in [-0.05, 0) is 49.6 Å². The Labute approximate surface area is 160 Å². The Bertz CT molecular complexity index is 995. The van der Waals surface area contributed by atoms with Crippen LogP contribution in [0.25, 0.3) is 16.9 Å². The van der Waals surface area contributed by atoms with Gasteiger partial charge in [0.1, 0.15) is 17.3 Å². The zero-order valence-electron chi connectivity index (χ0n) is 15.4. The van der Waals surface area contributed by atoms with E-state index in [2.05, 4.69) is 5.32 Å². The number of nitrogens with zero attached hydrogens (tertiary/aromatic N) is 2. The molecule has 2 heterocycles. The molecule has 7 heteroatoms. The molecule has 0 radical (unpaired) electrons. The molecule has 0 saturated carbocycles. The Morgan fingerprint density at radius 3 is 2.68 bits per heavy atom. The van der Waals surface area contributed by atoms with Gasteiger partial charge in [0.2, 0.25) is 0 Å². The highest BCUT2D eigenvalue weighted by Crippen LogP contribution is 2.38. The van der Waals surface area contributed by atoms with Crippen LogP contribution in [0.5, 0.6) is 5.75 Å². The van der Waals surface area contributed by atoms with E-state index in [4.69, 9.17) is 9.84 Å². The minimum Gasteiger partial charge on any atom is -0.496 e. The summed E-state index contributed by atoms with van der Waals surface area (Å²) in [6.45, 7) is 0.753. The van der Waals surface area contributed by atoms with Crippen molar-refractivity contribution in [2.45, 2.75) is 25.4 Å². The molecule has 0 aliphatic carbocycles. The normalized spacial score (nSPS) is 14.1. The zero-order chi connectivity index (χ0) is 19.7. The zero-order valence-corrected chi connectivity index (χ0v) is 15.4. The number of benzene rings is 2. The lowest BCUT2D eigenvalue weighted by Crippen LogP contribution is -2.09. The molecule has 0 bridgehead atoms. The topological polar surface area (TPSA) is 39.1 Å². The van der Waals surface area contributed by atoms with Gasteiger partial charge < -0.3 is 10.1 Å². The van der Waals surface area contributed by atoms with Crippen LogP contribution in [-0.2, 0) is 12.6 Å². The number of aromatic nitrogens is 2. The minimum absolute atomic E-state index is 0.377. The second-order valence-corrected chi connectivity index (χ2v) is 6.72. The summed E-state index contributed by atoms with van der Waals surface area (Å²) in [4.78, 5) is 0. The monoisotopic (exact) mass is 387 g/mol. The molecule has 2 aromatic carbocycles. The molecule has 1 N–H and O–H groups in total. The van der Waals surface area contributed by atoms with Crippen molar-refractivity contribution in [1.29, 1.82) is 0 Å². The van der Waals surface area contributed by atoms with E-state index in [0.717, 1.165) is 60.6 Å². The lowest BCUT2D eigenvalue weighted by atomic mass is 10.0. The highest BCUT2D eigenvalue weighted by molar-refractivity contribution is 5.75. The first-order chi connectivity index (χ1) is 13.5. The first-order valence-corrected chi connectivity index (χ1v) is 9.16. The molecule has 28 heavy (non-hydrogen) atoms. The van der Waals surface area contributed by atoms with Gasteiger partial charge in [-0.15, -0.1) is 0 Å². The summed E-state index contributed by atoms with van der Waals surface area (Å²) in [5.74, 6) is 1.43. The fourth-order valence-corrected chi connectivity index (χ4v) is 3.56. The average Bonchev–Trinajstić information content (AvgIpc) is 2.88. The van der Waals surface area contributed by atoms with Crippen LogP contribution in [0, 0.1) is 0 Å². The van der Waals surface area contributed by atoms with E-state index in [0.29, 0.717) is 11.4 Å². The van der Waals surface area contributed by atoms with E-state index in [9.17, 15) is 13.2 Å². The lowest BCUT2D eigenvalue weighted by molar-refractivity contribution is -0.137. The number of ether oxygens (including phenoxy) is 1. The van der Waals surface area contributed by atoms with E-state index in [-0.39, 0.29) is 0 Å². The third kappa shape index (κ3) is 3.32. The average molecular weight is 387 g/mol. The van der Waals surface area contributed by atoms with Crippen LogP contribution in [0.1, 0.15) is 24.0 Å². The van der Waals surface area contributed by atoms with Gasteiger partial charge in [-0.2, -0.15) is 18.3 Å². The van der Waals surface area contributed by atoms with Crippen LogP contribution in [0.2, 0.25) is 0 Å². The van der Waals surface area contributed by atoms with Gasteiger partial charge in [0, 0.05) is 17.7 Å². The van der Waals surface area contributed by atoms with Crippen molar-refractivity contribution in [3.63, 3.8) is 0 Å². The number of methoxy groups -OCH3 is 1. The Morgan fingerprint density at radius 1 is 1.07 bits per heavy atom. The Kier molecular flexibility index (Phi) is 4.75. The first kappa shape index (κ1) is 18.4. The Balaban J connectivity index is 1.91. The molecule has 0 fully saturated rings. The van der Waals surface area contributed by atoms with Gasteiger partial charge in [0.05, 0.1) is 18.4 Å². The molecule has 0 amide bonds. The number of halogens is 3. The summed E-state index contributed by atoms with van der Waals surface area (Å²) < 4.78 is 46.6. The van der Waals surface area contributed by atoms with E-state index >= 15 is 0 Å². The van der Waals surface area contributed by atoms with Crippen LogP contribution in [0.15, 0.2) is 48.5 Å². The van der Waals surface area contributed by atoms with Crippen LogP contribution in [0.3, 0.4) is 0 Å². The number of rotatable bonds is 3. The lowest BCUT2D eigenvalue weighted by Gasteiger charge is -2.12. The first-order valence-electron chi connectivity index (χ1n) is 9.16. The highest BCUT2D eigenvalue weighted by Gasteiger charge is 2.31. The SMILES string of the molecule is COc1ccccc1-c1nn(-c2cccc(C(F)(F)F)c2)c2c1CCCCN2. The van der Waals surface area contributed by atoms with Gasteiger partial charge in [-0.1, -0.05) is 18.2 Å². The number of anilines is 1. The van der Waals surface area contributed by atoms with Crippen molar-refractivity contribution in [3.05, 3.63) is 59.7 Å².